The highest BCUT2D eigenvalue weighted by Crippen LogP contribution is 2.24. The Morgan fingerprint density at radius 3 is 2.65 bits per heavy atom. The van der Waals surface area contributed by atoms with Crippen LogP contribution in [0, 0.1) is 5.92 Å². The summed E-state index contributed by atoms with van der Waals surface area (Å²) in [5, 5.41) is 12.5. The highest BCUT2D eigenvalue weighted by molar-refractivity contribution is 5.78. The number of carbonyl (C=O) groups is 1. The molecule has 1 aliphatic heterocycles. The van der Waals surface area contributed by atoms with E-state index in [0.717, 1.165) is 30.7 Å². The Labute approximate surface area is 138 Å². The fourth-order valence-corrected chi connectivity index (χ4v) is 3.16. The number of nitrogens with zero attached hydrogens (tertiary/aromatic N) is 1. The van der Waals surface area contributed by atoms with Gasteiger partial charge in [-0.1, -0.05) is 26.0 Å². The molecule has 128 valence electrons. The summed E-state index contributed by atoms with van der Waals surface area (Å²) in [6, 6.07) is 7.92. The third-order valence-electron chi connectivity index (χ3n) is 4.51. The number of rotatable bonds is 7. The number of ether oxygens (including phenoxy) is 1. The number of likely N-dealkylation sites (tertiary alicyclic amines) is 1. The molecule has 1 heterocycles. The van der Waals surface area contributed by atoms with Crippen molar-refractivity contribution >= 4 is 5.91 Å². The van der Waals surface area contributed by atoms with Crippen molar-refractivity contribution in [2.75, 3.05) is 26.8 Å². The maximum absolute atomic E-state index is 12.4. The van der Waals surface area contributed by atoms with Crippen molar-refractivity contribution in [1.82, 2.24) is 10.2 Å². The zero-order valence-corrected chi connectivity index (χ0v) is 14.3. The van der Waals surface area contributed by atoms with Crippen molar-refractivity contribution in [3.8, 4) is 5.75 Å². The van der Waals surface area contributed by atoms with E-state index in [-0.39, 0.29) is 24.6 Å². The lowest BCUT2D eigenvalue weighted by Gasteiger charge is -2.26. The van der Waals surface area contributed by atoms with Gasteiger partial charge < -0.3 is 15.2 Å². The van der Waals surface area contributed by atoms with Crippen LogP contribution in [-0.4, -0.2) is 48.8 Å². The molecule has 23 heavy (non-hydrogen) atoms. The minimum absolute atomic E-state index is 0.0138. The van der Waals surface area contributed by atoms with Crippen LogP contribution >= 0.6 is 0 Å². The first-order valence-corrected chi connectivity index (χ1v) is 8.33. The first kappa shape index (κ1) is 17.8. The summed E-state index contributed by atoms with van der Waals surface area (Å²) in [7, 11) is 1.64. The molecule has 1 aliphatic rings. The van der Waals surface area contributed by atoms with Crippen LogP contribution in [-0.2, 0) is 4.79 Å². The number of benzene rings is 1. The second-order valence-electron chi connectivity index (χ2n) is 6.51. The molecule has 2 N–H and O–H groups in total. The van der Waals surface area contributed by atoms with Gasteiger partial charge in [-0.25, -0.2) is 0 Å². The van der Waals surface area contributed by atoms with Crippen LogP contribution in [0.5, 0.6) is 5.75 Å². The summed E-state index contributed by atoms with van der Waals surface area (Å²) in [4.78, 5) is 14.5. The number of methoxy groups -OCH3 is 1. The van der Waals surface area contributed by atoms with Crippen molar-refractivity contribution in [2.24, 2.45) is 5.92 Å². The molecule has 0 bridgehead atoms. The molecule has 0 spiro atoms. The molecule has 1 saturated heterocycles. The number of carbonyl (C=O) groups excluding carboxylic acids is 1. The van der Waals surface area contributed by atoms with E-state index in [4.69, 9.17) is 4.74 Å². The molecule has 0 saturated carbocycles. The Morgan fingerprint density at radius 2 is 2.09 bits per heavy atom. The van der Waals surface area contributed by atoms with Crippen LogP contribution < -0.4 is 10.1 Å². The van der Waals surface area contributed by atoms with E-state index in [2.05, 4.69) is 24.1 Å². The lowest BCUT2D eigenvalue weighted by Crippen LogP contribution is -2.43. The first-order valence-electron chi connectivity index (χ1n) is 8.33. The van der Waals surface area contributed by atoms with Gasteiger partial charge in [-0.3, -0.25) is 9.69 Å². The van der Waals surface area contributed by atoms with Gasteiger partial charge in [0.15, 0.2) is 0 Å². The Bertz CT molecular complexity index is 501. The largest absolute Gasteiger partial charge is 0.497 e. The summed E-state index contributed by atoms with van der Waals surface area (Å²) < 4.78 is 5.19. The highest BCUT2D eigenvalue weighted by Gasteiger charge is 2.27. The summed E-state index contributed by atoms with van der Waals surface area (Å²) in [6.45, 7) is 5.56. The van der Waals surface area contributed by atoms with E-state index < -0.39 is 0 Å². The van der Waals surface area contributed by atoms with E-state index in [1.54, 1.807) is 7.11 Å². The zero-order valence-electron chi connectivity index (χ0n) is 14.3. The Balaban J connectivity index is 1.99. The maximum Gasteiger partial charge on any atom is 0.234 e. The monoisotopic (exact) mass is 320 g/mol. The van der Waals surface area contributed by atoms with Gasteiger partial charge in [0, 0.05) is 6.04 Å². The van der Waals surface area contributed by atoms with E-state index in [0.29, 0.717) is 12.5 Å². The topological polar surface area (TPSA) is 61.8 Å². The van der Waals surface area contributed by atoms with Crippen LogP contribution in [0.2, 0.25) is 0 Å². The number of hydrogen-bond donors (Lipinski definition) is 2. The normalized spacial score (nSPS) is 19.8. The van der Waals surface area contributed by atoms with E-state index in [1.807, 2.05) is 24.3 Å². The lowest BCUT2D eigenvalue weighted by atomic mass is 9.96. The number of amides is 1. The second kappa shape index (κ2) is 8.31. The van der Waals surface area contributed by atoms with E-state index >= 15 is 0 Å². The smallest absolute Gasteiger partial charge is 0.234 e. The summed E-state index contributed by atoms with van der Waals surface area (Å²) >= 11 is 0. The summed E-state index contributed by atoms with van der Waals surface area (Å²) in [6.07, 6.45) is 2.01. The summed E-state index contributed by atoms with van der Waals surface area (Å²) in [5.41, 5.74) is 1.08. The molecule has 0 aromatic heterocycles. The van der Waals surface area contributed by atoms with Gasteiger partial charge in [0.2, 0.25) is 5.91 Å². The third-order valence-corrected chi connectivity index (χ3v) is 4.51. The van der Waals surface area contributed by atoms with Gasteiger partial charge in [-0.15, -0.1) is 0 Å². The molecular weight excluding hydrogens is 292 g/mol. The van der Waals surface area contributed by atoms with Crippen molar-refractivity contribution in [2.45, 2.75) is 38.8 Å². The van der Waals surface area contributed by atoms with Gasteiger partial charge in [0.1, 0.15) is 5.75 Å². The number of aliphatic hydroxyl groups excluding tert-OH is 1. The van der Waals surface area contributed by atoms with Gasteiger partial charge >= 0.3 is 0 Å². The van der Waals surface area contributed by atoms with Crippen LogP contribution in [0.25, 0.3) is 0 Å². The molecule has 0 radical (unpaired) electrons. The summed E-state index contributed by atoms with van der Waals surface area (Å²) in [5.74, 6) is 1.12. The fraction of sp³-hybridized carbons (Fsp3) is 0.611. The van der Waals surface area contributed by atoms with Crippen molar-refractivity contribution in [3.63, 3.8) is 0 Å². The van der Waals surface area contributed by atoms with Gasteiger partial charge in [0.25, 0.3) is 0 Å². The minimum atomic E-state index is -0.0245. The third kappa shape index (κ3) is 4.69. The highest BCUT2D eigenvalue weighted by atomic mass is 16.5. The quantitative estimate of drug-likeness (QED) is 0.806. The lowest BCUT2D eigenvalue weighted by molar-refractivity contribution is -0.123. The molecule has 5 nitrogen and oxygen atoms in total. The molecule has 2 rings (SSSR count). The molecular formula is C18H28N2O3. The average Bonchev–Trinajstić information content (AvgIpc) is 2.99. The fourth-order valence-electron chi connectivity index (χ4n) is 3.16. The number of aliphatic hydroxyl groups is 1. The molecule has 0 aliphatic carbocycles. The van der Waals surface area contributed by atoms with Gasteiger partial charge in [-0.2, -0.15) is 0 Å². The maximum atomic E-state index is 12.4. The Kier molecular flexibility index (Phi) is 6.42. The molecule has 1 aromatic rings. The molecule has 1 amide bonds. The molecule has 2 unspecified atom stereocenters. The van der Waals surface area contributed by atoms with E-state index in [9.17, 15) is 9.90 Å². The Hall–Kier alpha value is -1.59. The molecule has 2 atom stereocenters. The van der Waals surface area contributed by atoms with Crippen LogP contribution in [0.1, 0.15) is 38.3 Å². The van der Waals surface area contributed by atoms with Crippen LogP contribution in [0.15, 0.2) is 24.3 Å². The van der Waals surface area contributed by atoms with Crippen molar-refractivity contribution in [1.29, 1.82) is 0 Å². The number of hydrogen-bond acceptors (Lipinski definition) is 4. The van der Waals surface area contributed by atoms with E-state index in [1.165, 1.54) is 0 Å². The average molecular weight is 320 g/mol. The van der Waals surface area contributed by atoms with Crippen molar-refractivity contribution < 1.29 is 14.6 Å². The minimum Gasteiger partial charge on any atom is -0.497 e. The Morgan fingerprint density at radius 1 is 1.39 bits per heavy atom. The zero-order chi connectivity index (χ0) is 16.8. The van der Waals surface area contributed by atoms with Crippen LogP contribution in [0.3, 0.4) is 0 Å². The predicted octanol–water partition coefficient (Wildman–Crippen LogP) is 1.97. The first-order chi connectivity index (χ1) is 11.0. The van der Waals surface area contributed by atoms with Gasteiger partial charge in [-0.05, 0) is 43.0 Å². The SMILES string of the molecule is COc1ccc(C(NC(=O)CN2CCCC2CO)C(C)C)cc1. The van der Waals surface area contributed by atoms with Gasteiger partial charge in [0.05, 0.1) is 26.3 Å². The molecule has 5 heteroatoms. The standard InChI is InChI=1S/C18H28N2O3/c1-13(2)18(14-6-8-16(23-3)9-7-14)19-17(22)11-20-10-4-5-15(20)12-21/h6-9,13,15,18,21H,4-5,10-12H2,1-3H3,(H,19,22). The number of nitrogens with one attached hydrogen (secondary N) is 1. The van der Waals surface area contributed by atoms with Crippen LogP contribution in [0.4, 0.5) is 0 Å². The van der Waals surface area contributed by atoms with Crippen molar-refractivity contribution in [3.05, 3.63) is 29.8 Å². The predicted molar refractivity (Wildman–Crippen MR) is 90.4 cm³/mol. The molecule has 1 fully saturated rings. The second-order valence-corrected chi connectivity index (χ2v) is 6.51. The molecule has 1 aromatic carbocycles.